The van der Waals surface area contributed by atoms with Crippen molar-refractivity contribution in [2.75, 3.05) is 0 Å². The molecule has 2 nitrogen and oxygen atoms in total. The van der Waals surface area contributed by atoms with E-state index < -0.39 is 46.6 Å². The van der Waals surface area contributed by atoms with Crippen LogP contribution in [0.3, 0.4) is 0 Å². The second kappa shape index (κ2) is 6.79. The van der Waals surface area contributed by atoms with E-state index in [-0.39, 0.29) is 23.0 Å². The molecule has 0 bridgehead atoms. The lowest BCUT2D eigenvalue weighted by atomic mass is 9.88. The summed E-state index contributed by atoms with van der Waals surface area (Å²) < 4.78 is 107. The van der Waals surface area contributed by atoms with Gasteiger partial charge >= 0.3 is 12.4 Å². The van der Waals surface area contributed by atoms with Gasteiger partial charge in [0.15, 0.2) is 6.29 Å². The van der Waals surface area contributed by atoms with E-state index in [2.05, 4.69) is 0 Å². The van der Waals surface area contributed by atoms with Crippen LogP contribution in [0.25, 0.3) is 11.1 Å². The van der Waals surface area contributed by atoms with Crippen LogP contribution in [0.2, 0.25) is 0 Å². The van der Waals surface area contributed by atoms with Gasteiger partial charge in [-0.1, -0.05) is 24.3 Å². The van der Waals surface area contributed by atoms with Crippen molar-refractivity contribution in [3.8, 4) is 11.1 Å². The molecule has 0 amide bonds. The summed E-state index contributed by atoms with van der Waals surface area (Å²) in [5.41, 5.74) is -7.85. The Morgan fingerprint density at radius 3 is 1.86 bits per heavy atom. The maximum atomic E-state index is 14.5. The number of alkyl halides is 6. The first-order valence-electron chi connectivity index (χ1n) is 8.26. The first-order valence-corrected chi connectivity index (χ1v) is 8.26. The van der Waals surface area contributed by atoms with Gasteiger partial charge in [-0.2, -0.15) is 26.3 Å². The maximum absolute atomic E-state index is 14.5. The molecule has 0 saturated heterocycles. The van der Waals surface area contributed by atoms with Crippen LogP contribution in [0.15, 0.2) is 30.3 Å². The average molecular weight is 424 g/mol. The molecule has 0 atom stereocenters. The van der Waals surface area contributed by atoms with Gasteiger partial charge in [-0.25, -0.2) is 8.78 Å². The van der Waals surface area contributed by atoms with Gasteiger partial charge in [0.2, 0.25) is 0 Å². The van der Waals surface area contributed by atoms with E-state index in [9.17, 15) is 45.0 Å². The van der Waals surface area contributed by atoms with Gasteiger partial charge < -0.3 is 5.11 Å². The van der Waals surface area contributed by atoms with Crippen molar-refractivity contribution >= 4 is 6.29 Å². The van der Waals surface area contributed by atoms with Crippen LogP contribution in [0.5, 0.6) is 0 Å². The maximum Gasteiger partial charge on any atom is 0.430 e. The van der Waals surface area contributed by atoms with E-state index in [0.717, 1.165) is 12.1 Å². The van der Waals surface area contributed by atoms with Crippen molar-refractivity contribution < 1.29 is 45.0 Å². The summed E-state index contributed by atoms with van der Waals surface area (Å²) in [6, 6.07) is 2.80. The molecular weight excluding hydrogens is 412 g/mol. The van der Waals surface area contributed by atoms with Gasteiger partial charge in [-0.15, -0.1) is 0 Å². The zero-order chi connectivity index (χ0) is 21.8. The lowest BCUT2D eigenvalue weighted by Gasteiger charge is -2.32. The molecule has 1 fully saturated rings. The fourth-order valence-corrected chi connectivity index (χ4v) is 3.17. The summed E-state index contributed by atoms with van der Waals surface area (Å²) in [5.74, 6) is -2.43. The lowest BCUT2D eigenvalue weighted by molar-refractivity contribution is -0.376. The average Bonchev–Trinajstić information content (AvgIpc) is 3.45. The van der Waals surface area contributed by atoms with Crippen molar-refractivity contribution in [1.82, 2.24) is 0 Å². The van der Waals surface area contributed by atoms with Gasteiger partial charge in [0.1, 0.15) is 11.6 Å². The highest BCUT2D eigenvalue weighted by Crippen LogP contribution is 2.51. The summed E-state index contributed by atoms with van der Waals surface area (Å²) in [5, 5.41) is 9.41. The van der Waals surface area contributed by atoms with E-state index in [0.29, 0.717) is 31.0 Å². The van der Waals surface area contributed by atoms with Crippen LogP contribution in [-0.2, 0) is 5.60 Å². The van der Waals surface area contributed by atoms with Gasteiger partial charge in [-0.3, -0.25) is 4.79 Å². The molecule has 29 heavy (non-hydrogen) atoms. The molecule has 1 N–H and O–H groups in total. The number of aliphatic hydroxyl groups is 1. The van der Waals surface area contributed by atoms with Crippen LogP contribution >= 0.6 is 0 Å². The lowest BCUT2D eigenvalue weighted by Crippen LogP contribution is -2.53. The second-order valence-electron chi connectivity index (χ2n) is 6.73. The number of benzene rings is 2. The molecule has 156 valence electrons. The van der Waals surface area contributed by atoms with Crippen LogP contribution in [-0.4, -0.2) is 23.7 Å². The Labute approximate surface area is 158 Å². The molecule has 10 heteroatoms. The van der Waals surface area contributed by atoms with Gasteiger partial charge in [0.25, 0.3) is 5.60 Å². The first-order chi connectivity index (χ1) is 13.3. The van der Waals surface area contributed by atoms with Crippen LogP contribution < -0.4 is 0 Å². The molecule has 0 unspecified atom stereocenters. The van der Waals surface area contributed by atoms with Crippen molar-refractivity contribution in [3.63, 3.8) is 0 Å². The van der Waals surface area contributed by atoms with Crippen molar-refractivity contribution in [2.45, 2.75) is 36.7 Å². The summed E-state index contributed by atoms with van der Waals surface area (Å²) in [7, 11) is 0. The minimum atomic E-state index is -6.06. The highest BCUT2D eigenvalue weighted by molar-refractivity contribution is 5.80. The molecule has 1 aliphatic rings. The highest BCUT2D eigenvalue weighted by atomic mass is 19.4. The summed E-state index contributed by atoms with van der Waals surface area (Å²) in [6.07, 6.45) is -11.0. The molecule has 0 aromatic heterocycles. The molecular formula is C19H12F8O2. The fraction of sp³-hybridized carbons (Fsp3) is 0.316. The van der Waals surface area contributed by atoms with Crippen LogP contribution in [0.1, 0.15) is 40.2 Å². The molecule has 2 aromatic rings. The minimum absolute atomic E-state index is 0.115. The Kier molecular flexibility index (Phi) is 4.97. The van der Waals surface area contributed by atoms with E-state index >= 15 is 0 Å². The second-order valence-corrected chi connectivity index (χ2v) is 6.73. The zero-order valence-electron chi connectivity index (χ0n) is 14.3. The monoisotopic (exact) mass is 424 g/mol. The van der Waals surface area contributed by atoms with Crippen molar-refractivity contribution in [1.29, 1.82) is 0 Å². The Balaban J connectivity index is 2.15. The summed E-state index contributed by atoms with van der Waals surface area (Å²) in [6.45, 7) is 0. The topological polar surface area (TPSA) is 37.3 Å². The molecule has 1 aliphatic carbocycles. The van der Waals surface area contributed by atoms with E-state index in [1.807, 2.05) is 0 Å². The Morgan fingerprint density at radius 1 is 0.931 bits per heavy atom. The quantitative estimate of drug-likeness (QED) is 0.510. The third-order valence-corrected chi connectivity index (χ3v) is 4.80. The first kappa shape index (κ1) is 21.2. The van der Waals surface area contributed by atoms with Gasteiger partial charge in [-0.05, 0) is 30.4 Å². The normalized spacial score (nSPS) is 15.5. The summed E-state index contributed by atoms with van der Waals surface area (Å²) in [4.78, 5) is 10.9. The van der Waals surface area contributed by atoms with Gasteiger partial charge in [0, 0.05) is 16.7 Å². The number of carbonyl (C=O) groups excluding carboxylic acids is 1. The highest BCUT2D eigenvalue weighted by Gasteiger charge is 2.71. The molecule has 2 aromatic carbocycles. The number of rotatable bonds is 4. The number of aldehydes is 1. The van der Waals surface area contributed by atoms with Crippen LogP contribution in [0.4, 0.5) is 35.1 Å². The molecule has 0 heterocycles. The Morgan fingerprint density at radius 2 is 1.45 bits per heavy atom. The summed E-state index contributed by atoms with van der Waals surface area (Å²) >= 11 is 0. The number of hydrogen-bond acceptors (Lipinski definition) is 2. The smallest absolute Gasteiger partial charge is 0.369 e. The number of hydrogen-bond donors (Lipinski definition) is 1. The molecule has 0 spiro atoms. The van der Waals surface area contributed by atoms with E-state index in [1.54, 1.807) is 0 Å². The SMILES string of the molecule is O=Cc1cc(F)c(-c2ccc(C(O)(C(F)(F)F)C(F)(F)F)cc2)c(C2CC2)c1F. The fourth-order valence-electron chi connectivity index (χ4n) is 3.17. The predicted molar refractivity (Wildman–Crippen MR) is 85.2 cm³/mol. The standard InChI is InChI=1S/C19H12F8O2/c20-13-7-11(8-28)16(21)15(10-1-2-10)14(13)9-3-5-12(6-4-9)17(29,18(22,23)24)19(25,26)27/h3-8,10,29H,1-2H2. The molecule has 0 aliphatic heterocycles. The van der Waals surface area contributed by atoms with Crippen molar-refractivity contribution in [2.24, 2.45) is 0 Å². The van der Waals surface area contributed by atoms with Crippen LogP contribution in [0, 0.1) is 11.6 Å². The molecule has 1 saturated carbocycles. The minimum Gasteiger partial charge on any atom is -0.369 e. The third kappa shape index (κ3) is 3.39. The predicted octanol–water partition coefficient (Wildman–Crippen LogP) is 5.63. The number of halogens is 8. The zero-order valence-corrected chi connectivity index (χ0v) is 14.3. The molecule has 0 radical (unpaired) electrons. The van der Waals surface area contributed by atoms with Crippen molar-refractivity contribution in [3.05, 3.63) is 58.7 Å². The Bertz CT molecular complexity index is 927. The third-order valence-electron chi connectivity index (χ3n) is 4.80. The van der Waals surface area contributed by atoms with E-state index in [4.69, 9.17) is 0 Å². The molecule has 3 rings (SSSR count). The van der Waals surface area contributed by atoms with E-state index in [1.165, 1.54) is 0 Å². The number of carbonyl (C=O) groups is 1. The Hall–Kier alpha value is -2.49. The van der Waals surface area contributed by atoms with Gasteiger partial charge in [0.05, 0.1) is 5.56 Å². The largest absolute Gasteiger partial charge is 0.430 e.